The van der Waals surface area contributed by atoms with Crippen molar-refractivity contribution in [2.24, 2.45) is 0 Å². The van der Waals surface area contributed by atoms with Crippen LogP contribution in [0.15, 0.2) is 35.9 Å². The van der Waals surface area contributed by atoms with Crippen molar-refractivity contribution in [3.63, 3.8) is 0 Å². The van der Waals surface area contributed by atoms with Crippen molar-refractivity contribution in [2.45, 2.75) is 13.8 Å². The van der Waals surface area contributed by atoms with Gasteiger partial charge in [-0.3, -0.25) is 4.79 Å². The van der Waals surface area contributed by atoms with E-state index in [4.69, 9.17) is 4.74 Å². The molecule has 3 nitrogen and oxygen atoms in total. The lowest BCUT2D eigenvalue weighted by molar-refractivity contribution is -0.111. The molecule has 0 unspecified atom stereocenters. The van der Waals surface area contributed by atoms with E-state index < -0.39 is 0 Å². The highest BCUT2D eigenvalue weighted by Crippen LogP contribution is 2.14. The third kappa shape index (κ3) is 3.85. The molecule has 1 aromatic carbocycles. The molecule has 0 radical (unpaired) electrons. The first-order valence-electron chi connectivity index (χ1n) is 4.72. The molecule has 0 saturated carbocycles. The van der Waals surface area contributed by atoms with E-state index in [1.807, 2.05) is 13.8 Å². The van der Waals surface area contributed by atoms with Crippen molar-refractivity contribution >= 4 is 11.6 Å². The maximum atomic E-state index is 11.4. The molecule has 0 bridgehead atoms. The SMILES string of the molecule is COc1ccc(NC(=O)C=C(C)C)cc1. The zero-order chi connectivity index (χ0) is 11.3. The van der Waals surface area contributed by atoms with Gasteiger partial charge < -0.3 is 10.1 Å². The lowest BCUT2D eigenvalue weighted by atomic mass is 10.3. The first kappa shape index (κ1) is 11.3. The van der Waals surface area contributed by atoms with E-state index in [1.54, 1.807) is 37.5 Å². The molecule has 0 aliphatic heterocycles. The molecule has 0 atom stereocenters. The van der Waals surface area contributed by atoms with Crippen molar-refractivity contribution < 1.29 is 9.53 Å². The van der Waals surface area contributed by atoms with E-state index >= 15 is 0 Å². The van der Waals surface area contributed by atoms with Crippen LogP contribution < -0.4 is 10.1 Å². The smallest absolute Gasteiger partial charge is 0.248 e. The molecular formula is C12H15NO2. The van der Waals surface area contributed by atoms with Gasteiger partial charge >= 0.3 is 0 Å². The Labute approximate surface area is 89.8 Å². The maximum Gasteiger partial charge on any atom is 0.248 e. The molecule has 0 aliphatic carbocycles. The number of hydrogen-bond acceptors (Lipinski definition) is 2. The number of hydrogen-bond donors (Lipinski definition) is 1. The number of anilines is 1. The van der Waals surface area contributed by atoms with E-state index in [-0.39, 0.29) is 5.91 Å². The minimum absolute atomic E-state index is 0.111. The summed E-state index contributed by atoms with van der Waals surface area (Å²) in [5.41, 5.74) is 1.74. The fourth-order valence-electron chi connectivity index (χ4n) is 1.11. The van der Waals surface area contributed by atoms with Crippen LogP contribution in [0.4, 0.5) is 5.69 Å². The summed E-state index contributed by atoms with van der Waals surface area (Å²) in [6.07, 6.45) is 1.56. The molecule has 0 aliphatic rings. The van der Waals surface area contributed by atoms with Gasteiger partial charge in [-0.15, -0.1) is 0 Å². The minimum Gasteiger partial charge on any atom is -0.497 e. The van der Waals surface area contributed by atoms with Crippen LogP contribution in [-0.4, -0.2) is 13.0 Å². The predicted octanol–water partition coefficient (Wildman–Crippen LogP) is 2.60. The van der Waals surface area contributed by atoms with Crippen molar-refractivity contribution in [3.8, 4) is 5.75 Å². The first-order valence-corrected chi connectivity index (χ1v) is 4.72. The van der Waals surface area contributed by atoms with E-state index in [1.165, 1.54) is 0 Å². The summed E-state index contributed by atoms with van der Waals surface area (Å²) in [4.78, 5) is 11.4. The van der Waals surface area contributed by atoms with Crippen LogP contribution >= 0.6 is 0 Å². The normalized spacial score (nSPS) is 9.27. The van der Waals surface area contributed by atoms with Crippen LogP contribution in [0.1, 0.15) is 13.8 Å². The standard InChI is InChI=1S/C12H15NO2/c1-9(2)8-12(14)13-10-4-6-11(15-3)7-5-10/h4-8H,1-3H3,(H,13,14). The van der Waals surface area contributed by atoms with E-state index in [9.17, 15) is 4.79 Å². The number of nitrogens with one attached hydrogen (secondary N) is 1. The molecule has 80 valence electrons. The van der Waals surface area contributed by atoms with Gasteiger partial charge in [0.05, 0.1) is 7.11 Å². The summed E-state index contributed by atoms with van der Waals surface area (Å²) in [7, 11) is 1.61. The van der Waals surface area contributed by atoms with Gasteiger partial charge in [-0.05, 0) is 38.1 Å². The number of carbonyl (C=O) groups is 1. The van der Waals surface area contributed by atoms with Crippen LogP contribution in [0, 0.1) is 0 Å². The summed E-state index contributed by atoms with van der Waals surface area (Å²) >= 11 is 0. The van der Waals surface area contributed by atoms with Crippen LogP contribution in [0.2, 0.25) is 0 Å². The highest BCUT2D eigenvalue weighted by Gasteiger charge is 1.98. The van der Waals surface area contributed by atoms with Gasteiger partial charge in [0.15, 0.2) is 0 Å². The molecule has 1 amide bonds. The van der Waals surface area contributed by atoms with E-state index in [0.717, 1.165) is 17.0 Å². The van der Waals surface area contributed by atoms with Gasteiger partial charge in [0.1, 0.15) is 5.75 Å². The molecule has 15 heavy (non-hydrogen) atoms. The summed E-state index contributed by atoms with van der Waals surface area (Å²) in [5, 5.41) is 2.75. The van der Waals surface area contributed by atoms with Gasteiger partial charge in [0, 0.05) is 11.8 Å². The first-order chi connectivity index (χ1) is 7.11. The van der Waals surface area contributed by atoms with Crippen LogP contribution in [-0.2, 0) is 4.79 Å². The summed E-state index contributed by atoms with van der Waals surface area (Å²) < 4.78 is 5.01. The Hall–Kier alpha value is -1.77. The topological polar surface area (TPSA) is 38.3 Å². The number of methoxy groups -OCH3 is 1. The van der Waals surface area contributed by atoms with Gasteiger partial charge in [-0.1, -0.05) is 5.57 Å². The minimum atomic E-state index is -0.111. The van der Waals surface area contributed by atoms with Crippen molar-refractivity contribution in [2.75, 3.05) is 12.4 Å². The Morgan fingerprint density at radius 3 is 2.33 bits per heavy atom. The largest absolute Gasteiger partial charge is 0.497 e. The number of amides is 1. The molecule has 1 N–H and O–H groups in total. The summed E-state index contributed by atoms with van der Waals surface area (Å²) in [6.45, 7) is 3.77. The molecule has 1 aromatic rings. The second-order valence-corrected chi connectivity index (χ2v) is 3.44. The predicted molar refractivity (Wildman–Crippen MR) is 61.1 cm³/mol. The average molecular weight is 205 g/mol. The van der Waals surface area contributed by atoms with Gasteiger partial charge in [-0.25, -0.2) is 0 Å². The quantitative estimate of drug-likeness (QED) is 0.770. The van der Waals surface area contributed by atoms with Crippen LogP contribution in [0.3, 0.4) is 0 Å². The monoisotopic (exact) mass is 205 g/mol. The molecule has 0 spiro atoms. The van der Waals surface area contributed by atoms with Gasteiger partial charge in [-0.2, -0.15) is 0 Å². The summed E-state index contributed by atoms with van der Waals surface area (Å²) in [6, 6.07) is 7.21. The lowest BCUT2D eigenvalue weighted by Gasteiger charge is -2.03. The Morgan fingerprint density at radius 2 is 1.87 bits per heavy atom. The highest BCUT2D eigenvalue weighted by atomic mass is 16.5. The molecule has 1 rings (SSSR count). The molecule has 0 fully saturated rings. The number of rotatable bonds is 3. The number of ether oxygens (including phenoxy) is 1. The Kier molecular flexibility index (Phi) is 3.92. The fourth-order valence-corrected chi connectivity index (χ4v) is 1.11. The van der Waals surface area contributed by atoms with Crippen molar-refractivity contribution in [3.05, 3.63) is 35.9 Å². The van der Waals surface area contributed by atoms with E-state index in [2.05, 4.69) is 5.32 Å². The average Bonchev–Trinajstić information content (AvgIpc) is 2.17. The van der Waals surface area contributed by atoms with Crippen molar-refractivity contribution in [1.29, 1.82) is 0 Å². The number of benzene rings is 1. The van der Waals surface area contributed by atoms with Crippen molar-refractivity contribution in [1.82, 2.24) is 0 Å². The van der Waals surface area contributed by atoms with E-state index in [0.29, 0.717) is 0 Å². The zero-order valence-corrected chi connectivity index (χ0v) is 9.20. The second-order valence-electron chi connectivity index (χ2n) is 3.44. The summed E-state index contributed by atoms with van der Waals surface area (Å²) in [5.74, 6) is 0.662. The Balaban J connectivity index is 2.65. The molecule has 0 saturated heterocycles. The van der Waals surface area contributed by atoms with Gasteiger partial charge in [0.2, 0.25) is 5.91 Å². The molecular weight excluding hydrogens is 190 g/mol. The highest BCUT2D eigenvalue weighted by molar-refractivity contribution is 5.99. The molecule has 0 heterocycles. The van der Waals surface area contributed by atoms with Crippen LogP contribution in [0.25, 0.3) is 0 Å². The third-order valence-corrected chi connectivity index (χ3v) is 1.78. The zero-order valence-electron chi connectivity index (χ0n) is 9.20. The Bertz CT molecular complexity index is 362. The number of allylic oxidation sites excluding steroid dienone is 1. The molecule has 3 heteroatoms. The number of carbonyl (C=O) groups excluding carboxylic acids is 1. The van der Waals surface area contributed by atoms with Crippen LogP contribution in [0.5, 0.6) is 5.75 Å². The maximum absolute atomic E-state index is 11.4. The third-order valence-electron chi connectivity index (χ3n) is 1.78. The Morgan fingerprint density at radius 1 is 1.27 bits per heavy atom. The van der Waals surface area contributed by atoms with Gasteiger partial charge in [0.25, 0.3) is 0 Å². The lowest BCUT2D eigenvalue weighted by Crippen LogP contribution is -2.08. The molecule has 0 aromatic heterocycles. The second kappa shape index (κ2) is 5.20. The fraction of sp³-hybridized carbons (Fsp3) is 0.250.